The Kier molecular flexibility index (Phi) is 7.62. The molecular formula is C11H14N4O4S2. The molecule has 0 aliphatic carbocycles. The minimum absolute atomic E-state index is 0.348. The molecule has 0 aliphatic heterocycles. The van der Waals surface area contributed by atoms with Gasteiger partial charge < -0.3 is 0 Å². The van der Waals surface area contributed by atoms with Crippen molar-refractivity contribution < 1.29 is 17.3 Å². The molecule has 21 heavy (non-hydrogen) atoms. The van der Waals surface area contributed by atoms with Crippen LogP contribution in [-0.2, 0) is 21.1 Å². The van der Waals surface area contributed by atoms with Crippen molar-refractivity contribution >= 4 is 27.2 Å². The molecule has 0 unspecified atom stereocenters. The summed E-state index contributed by atoms with van der Waals surface area (Å²) in [6, 6.07) is 9.29. The molecule has 0 saturated heterocycles. The van der Waals surface area contributed by atoms with Crippen molar-refractivity contribution in [3.8, 4) is 0 Å². The van der Waals surface area contributed by atoms with Crippen molar-refractivity contribution in [1.29, 1.82) is 0 Å². The molecular weight excluding hydrogens is 316 g/mol. The van der Waals surface area contributed by atoms with Gasteiger partial charge in [0.1, 0.15) is 5.04 Å². The summed E-state index contributed by atoms with van der Waals surface area (Å²) >= 11 is 1.27. The molecule has 114 valence electrons. The van der Waals surface area contributed by atoms with Crippen LogP contribution in [0.15, 0.2) is 40.6 Å². The zero-order valence-electron chi connectivity index (χ0n) is 11.0. The van der Waals surface area contributed by atoms with Gasteiger partial charge in [0.25, 0.3) is 0 Å². The average Bonchev–Trinajstić information content (AvgIpc) is 2.44. The molecule has 0 amide bonds. The van der Waals surface area contributed by atoms with Crippen LogP contribution in [0, 0.1) is 0 Å². The summed E-state index contributed by atoms with van der Waals surface area (Å²) in [6.07, 6.45) is 0.997. The van der Waals surface area contributed by atoms with Crippen LogP contribution in [0.1, 0.15) is 12.0 Å². The van der Waals surface area contributed by atoms with Gasteiger partial charge in [-0.2, -0.15) is 8.42 Å². The Hall–Kier alpha value is -1.74. The minimum atomic E-state index is -4.62. The quantitative estimate of drug-likeness (QED) is 0.115. The lowest BCUT2D eigenvalue weighted by Crippen LogP contribution is -2.05. The highest BCUT2D eigenvalue weighted by Crippen LogP contribution is 2.13. The molecule has 0 aliphatic rings. The van der Waals surface area contributed by atoms with E-state index in [1.54, 1.807) is 0 Å². The lowest BCUT2D eigenvalue weighted by molar-refractivity contribution is 0.283. The summed E-state index contributed by atoms with van der Waals surface area (Å²) in [5.74, 6) is 0.583. The summed E-state index contributed by atoms with van der Waals surface area (Å²) in [6.45, 7) is 0.348. The van der Waals surface area contributed by atoms with E-state index < -0.39 is 10.4 Å². The molecule has 0 saturated carbocycles. The van der Waals surface area contributed by atoms with Gasteiger partial charge in [-0.1, -0.05) is 40.6 Å². The van der Waals surface area contributed by atoms with E-state index >= 15 is 0 Å². The predicted octanol–water partition coefficient (Wildman–Crippen LogP) is 2.80. The van der Waals surface area contributed by atoms with E-state index in [1.165, 1.54) is 11.8 Å². The molecule has 0 atom stereocenters. The Labute approximate surface area is 126 Å². The molecule has 10 heteroatoms. The summed E-state index contributed by atoms with van der Waals surface area (Å²) < 4.78 is 33.7. The zero-order valence-corrected chi connectivity index (χ0v) is 12.6. The molecule has 1 N–H and O–H groups in total. The third kappa shape index (κ3) is 8.92. The molecule has 0 radical (unpaired) electrons. The molecule has 0 heterocycles. The largest absolute Gasteiger partial charge is 0.466 e. The Balaban J connectivity index is 2.63. The summed E-state index contributed by atoms with van der Waals surface area (Å²) in [7, 11) is -4.62. The molecule has 1 aromatic carbocycles. The first-order chi connectivity index (χ1) is 10.0. The Bertz CT molecular complexity index is 612. The van der Waals surface area contributed by atoms with E-state index in [1.807, 2.05) is 30.3 Å². The zero-order chi connectivity index (χ0) is 15.6. The highest BCUT2D eigenvalue weighted by molar-refractivity contribution is 8.13. The highest BCUT2D eigenvalue weighted by Gasteiger charge is 2.08. The number of benzene rings is 1. The Morgan fingerprint density at radius 3 is 2.71 bits per heavy atom. The van der Waals surface area contributed by atoms with Gasteiger partial charge >= 0.3 is 10.4 Å². The van der Waals surface area contributed by atoms with Gasteiger partial charge in [-0.15, -0.1) is 11.8 Å². The normalized spacial score (nSPS) is 11.8. The van der Waals surface area contributed by atoms with E-state index in [-0.39, 0.29) is 0 Å². The summed E-state index contributed by atoms with van der Waals surface area (Å²) in [5, 5.41) is 7.25. The molecule has 0 aromatic heterocycles. The van der Waals surface area contributed by atoms with Crippen LogP contribution in [0.4, 0.5) is 0 Å². The maximum absolute atomic E-state index is 10.6. The van der Waals surface area contributed by atoms with Crippen LogP contribution < -0.4 is 0 Å². The topological polar surface area (TPSA) is 125 Å². The molecule has 0 fully saturated rings. The fourth-order valence-corrected chi connectivity index (χ4v) is 2.44. The third-order valence-electron chi connectivity index (χ3n) is 2.17. The molecule has 1 aromatic rings. The van der Waals surface area contributed by atoms with Gasteiger partial charge in [-0.3, -0.25) is 4.55 Å². The Morgan fingerprint density at radius 1 is 1.38 bits per heavy atom. The van der Waals surface area contributed by atoms with Gasteiger partial charge in [0.2, 0.25) is 0 Å². The second-order valence-corrected chi connectivity index (χ2v) is 5.98. The lowest BCUT2D eigenvalue weighted by Gasteiger charge is -2.05. The highest BCUT2D eigenvalue weighted by atomic mass is 32.3. The van der Waals surface area contributed by atoms with E-state index in [0.29, 0.717) is 30.2 Å². The number of nitrogens with zero attached hydrogens (tertiary/aromatic N) is 4. The number of hydrogen-bond acceptors (Lipinski definition) is 6. The van der Waals surface area contributed by atoms with Crippen LogP contribution in [0.25, 0.3) is 10.4 Å². The maximum atomic E-state index is 10.6. The van der Waals surface area contributed by atoms with Gasteiger partial charge in [0, 0.05) is 17.9 Å². The first kappa shape index (κ1) is 17.3. The van der Waals surface area contributed by atoms with Crippen molar-refractivity contribution in [2.45, 2.75) is 12.8 Å². The fraction of sp³-hybridized carbons (Fsp3) is 0.364. The standard InChI is InChI=1S/C11H14N4O4S2/c12-15-13-7-4-8-20-11(14-19-21(16,17)18)9-10-5-2-1-3-6-10/h1-3,5-6H,4,7-9H2,(H,16,17,18)/b14-11+. The van der Waals surface area contributed by atoms with Crippen molar-refractivity contribution in [2.24, 2.45) is 10.3 Å². The van der Waals surface area contributed by atoms with E-state index in [4.69, 9.17) is 10.1 Å². The van der Waals surface area contributed by atoms with Crippen molar-refractivity contribution in [3.63, 3.8) is 0 Å². The molecule has 8 nitrogen and oxygen atoms in total. The van der Waals surface area contributed by atoms with Gasteiger partial charge in [0.05, 0.1) is 0 Å². The van der Waals surface area contributed by atoms with Crippen LogP contribution in [-0.4, -0.2) is 30.3 Å². The van der Waals surface area contributed by atoms with Crippen molar-refractivity contribution in [2.75, 3.05) is 12.3 Å². The van der Waals surface area contributed by atoms with Gasteiger partial charge in [-0.05, 0) is 23.3 Å². The van der Waals surface area contributed by atoms with E-state index in [9.17, 15) is 8.42 Å². The number of rotatable bonds is 8. The number of hydrogen-bond donors (Lipinski definition) is 1. The average molecular weight is 330 g/mol. The summed E-state index contributed by atoms with van der Waals surface area (Å²) in [4.78, 5) is 2.64. The first-order valence-electron chi connectivity index (χ1n) is 5.92. The monoisotopic (exact) mass is 330 g/mol. The van der Waals surface area contributed by atoms with Crippen molar-refractivity contribution in [1.82, 2.24) is 0 Å². The Morgan fingerprint density at radius 2 is 2.10 bits per heavy atom. The van der Waals surface area contributed by atoms with E-state index in [2.05, 4.69) is 19.5 Å². The minimum Gasteiger partial charge on any atom is -0.253 e. The molecule has 0 spiro atoms. The molecule has 0 bridgehead atoms. The number of oxime groups is 1. The van der Waals surface area contributed by atoms with Crippen LogP contribution in [0.5, 0.6) is 0 Å². The van der Waals surface area contributed by atoms with Gasteiger partial charge in [-0.25, -0.2) is 4.28 Å². The predicted molar refractivity (Wildman–Crippen MR) is 81.3 cm³/mol. The smallest absolute Gasteiger partial charge is 0.253 e. The lowest BCUT2D eigenvalue weighted by atomic mass is 10.2. The second kappa shape index (κ2) is 9.24. The second-order valence-electron chi connectivity index (χ2n) is 3.81. The fourth-order valence-electron chi connectivity index (χ4n) is 1.34. The first-order valence-corrected chi connectivity index (χ1v) is 8.27. The maximum Gasteiger partial charge on any atom is 0.466 e. The van der Waals surface area contributed by atoms with Crippen LogP contribution >= 0.6 is 11.8 Å². The van der Waals surface area contributed by atoms with Crippen LogP contribution in [0.3, 0.4) is 0 Å². The molecule has 1 rings (SSSR count). The van der Waals surface area contributed by atoms with Crippen molar-refractivity contribution in [3.05, 3.63) is 46.3 Å². The van der Waals surface area contributed by atoms with Crippen LogP contribution in [0.2, 0.25) is 0 Å². The van der Waals surface area contributed by atoms with Gasteiger partial charge in [0.15, 0.2) is 0 Å². The number of azide groups is 1. The third-order valence-corrected chi connectivity index (χ3v) is 3.47. The van der Waals surface area contributed by atoms with E-state index in [0.717, 1.165) is 5.56 Å². The summed E-state index contributed by atoms with van der Waals surface area (Å²) in [5.41, 5.74) is 9.09. The SMILES string of the molecule is [N-]=[N+]=NCCCS/C(Cc1ccccc1)=N/OS(=O)(=O)O. The number of thioether (sulfide) groups is 1.